The third-order valence-corrected chi connectivity index (χ3v) is 7.08. The molecule has 3 heteroatoms. The quantitative estimate of drug-likeness (QED) is 0.397. The third-order valence-electron chi connectivity index (χ3n) is 7.08. The summed E-state index contributed by atoms with van der Waals surface area (Å²) in [6.45, 7) is 10.9. The molecule has 0 bridgehead atoms. The van der Waals surface area contributed by atoms with Crippen molar-refractivity contribution >= 4 is 0 Å². The lowest BCUT2D eigenvalue weighted by Gasteiger charge is -2.35. The lowest BCUT2D eigenvalue weighted by Crippen LogP contribution is -2.45. The molecular formula is C27H55N3. The Kier molecular flexibility index (Phi) is 16.6. The lowest BCUT2D eigenvalue weighted by atomic mass is 9.82. The molecule has 3 aliphatic carbocycles. The van der Waals surface area contributed by atoms with Crippen molar-refractivity contribution in [1.29, 1.82) is 0 Å². The fourth-order valence-electron chi connectivity index (χ4n) is 4.36. The smallest absolute Gasteiger partial charge is 0.0494 e. The van der Waals surface area contributed by atoms with Gasteiger partial charge in [-0.1, -0.05) is 97.5 Å². The van der Waals surface area contributed by atoms with Crippen LogP contribution in [0, 0.1) is 5.92 Å². The second-order valence-corrected chi connectivity index (χ2v) is 9.92. The number of nitrogens with zero attached hydrogens (tertiary/aromatic N) is 1. The van der Waals surface area contributed by atoms with Crippen molar-refractivity contribution in [1.82, 2.24) is 15.5 Å². The van der Waals surface area contributed by atoms with Crippen molar-refractivity contribution in [3.05, 3.63) is 12.3 Å². The summed E-state index contributed by atoms with van der Waals surface area (Å²) in [7, 11) is 4.25. The van der Waals surface area contributed by atoms with Crippen LogP contribution in [0.1, 0.15) is 117 Å². The number of rotatable bonds is 9. The van der Waals surface area contributed by atoms with E-state index in [1.807, 2.05) is 0 Å². The molecule has 3 fully saturated rings. The van der Waals surface area contributed by atoms with E-state index in [1.54, 1.807) is 0 Å². The van der Waals surface area contributed by atoms with Gasteiger partial charge >= 0.3 is 0 Å². The topological polar surface area (TPSA) is 27.3 Å². The molecule has 3 rings (SSSR count). The predicted molar refractivity (Wildman–Crippen MR) is 135 cm³/mol. The molecular weight excluding hydrogens is 366 g/mol. The lowest BCUT2D eigenvalue weighted by molar-refractivity contribution is 0.261. The van der Waals surface area contributed by atoms with Gasteiger partial charge in [-0.3, -0.25) is 0 Å². The van der Waals surface area contributed by atoms with Gasteiger partial charge in [0.15, 0.2) is 0 Å². The highest BCUT2D eigenvalue weighted by Gasteiger charge is 2.26. The Labute approximate surface area is 189 Å². The summed E-state index contributed by atoms with van der Waals surface area (Å²) >= 11 is 0. The first-order valence-electron chi connectivity index (χ1n) is 13.4. The van der Waals surface area contributed by atoms with Gasteiger partial charge in [0.05, 0.1) is 0 Å². The standard InChI is InChI=1S/C19H37N3.C4H8.C4H10/c1-16(22(2)3)19(17-10-6-4-7-11-17)21-15-14-20-18-12-8-5-9-13-18;1-2-4-3-1;1-3-4-2/h17-21H,1,4-15H2,2-3H3;1-4H2;3-4H2,1-2H3. The Morgan fingerprint density at radius 3 is 1.67 bits per heavy atom. The van der Waals surface area contributed by atoms with Crippen molar-refractivity contribution in [2.45, 2.75) is 129 Å². The molecule has 178 valence electrons. The van der Waals surface area contributed by atoms with E-state index in [4.69, 9.17) is 0 Å². The van der Waals surface area contributed by atoms with E-state index >= 15 is 0 Å². The first-order valence-corrected chi connectivity index (χ1v) is 13.4. The summed E-state index contributed by atoms with van der Waals surface area (Å²) in [5.41, 5.74) is 1.25. The monoisotopic (exact) mass is 421 g/mol. The van der Waals surface area contributed by atoms with Crippen LogP contribution in [0.3, 0.4) is 0 Å². The maximum Gasteiger partial charge on any atom is 0.0494 e. The summed E-state index contributed by atoms with van der Waals surface area (Å²) in [6.07, 6.45) is 22.6. The number of nitrogens with one attached hydrogen (secondary N) is 2. The molecule has 0 aromatic carbocycles. The Morgan fingerprint density at radius 1 is 0.767 bits per heavy atom. The molecule has 0 aromatic heterocycles. The zero-order valence-corrected chi connectivity index (χ0v) is 21.1. The van der Waals surface area contributed by atoms with Crippen molar-refractivity contribution < 1.29 is 0 Å². The molecule has 0 aromatic rings. The van der Waals surface area contributed by atoms with Gasteiger partial charge in [0, 0.05) is 45.0 Å². The molecule has 0 amide bonds. The molecule has 0 radical (unpaired) electrons. The molecule has 3 aliphatic rings. The van der Waals surface area contributed by atoms with Gasteiger partial charge in [0.1, 0.15) is 0 Å². The van der Waals surface area contributed by atoms with Crippen LogP contribution in [-0.4, -0.2) is 44.2 Å². The first-order chi connectivity index (χ1) is 14.6. The fraction of sp³-hybridized carbons (Fsp3) is 0.926. The van der Waals surface area contributed by atoms with Crippen molar-refractivity contribution in [3.8, 4) is 0 Å². The Balaban J connectivity index is 0.000000472. The van der Waals surface area contributed by atoms with Crippen LogP contribution in [0.2, 0.25) is 0 Å². The maximum atomic E-state index is 4.34. The normalized spacial score (nSPS) is 20.7. The van der Waals surface area contributed by atoms with Crippen LogP contribution in [-0.2, 0) is 0 Å². The average Bonchev–Trinajstić information content (AvgIpc) is 2.73. The molecule has 0 heterocycles. The van der Waals surface area contributed by atoms with Gasteiger partial charge in [-0.25, -0.2) is 0 Å². The summed E-state index contributed by atoms with van der Waals surface area (Å²) in [4.78, 5) is 2.20. The highest BCUT2D eigenvalue weighted by molar-refractivity contribution is 5.06. The molecule has 0 saturated heterocycles. The average molecular weight is 422 g/mol. The van der Waals surface area contributed by atoms with Gasteiger partial charge in [-0.2, -0.15) is 0 Å². The Hall–Kier alpha value is -0.540. The first kappa shape index (κ1) is 27.5. The minimum Gasteiger partial charge on any atom is -0.380 e. The molecule has 3 nitrogen and oxygen atoms in total. The van der Waals surface area contributed by atoms with E-state index in [2.05, 4.69) is 50.1 Å². The van der Waals surface area contributed by atoms with Crippen LogP contribution in [0.4, 0.5) is 0 Å². The minimum atomic E-state index is 0.462. The van der Waals surface area contributed by atoms with E-state index in [1.165, 1.54) is 108 Å². The van der Waals surface area contributed by atoms with Crippen molar-refractivity contribution in [2.75, 3.05) is 27.2 Å². The third kappa shape index (κ3) is 12.3. The summed E-state index contributed by atoms with van der Waals surface area (Å²) in [5, 5.41) is 7.55. The molecule has 1 unspecified atom stereocenters. The largest absolute Gasteiger partial charge is 0.380 e. The molecule has 0 aliphatic heterocycles. The summed E-state index contributed by atoms with van der Waals surface area (Å²) in [6, 6.07) is 1.23. The van der Waals surface area contributed by atoms with Gasteiger partial charge in [0.25, 0.3) is 0 Å². The zero-order chi connectivity index (χ0) is 22.0. The number of hydrogen-bond acceptors (Lipinski definition) is 3. The molecule has 3 saturated carbocycles. The van der Waals surface area contributed by atoms with Crippen molar-refractivity contribution in [2.24, 2.45) is 5.92 Å². The fourth-order valence-corrected chi connectivity index (χ4v) is 4.36. The van der Waals surface area contributed by atoms with E-state index in [9.17, 15) is 0 Å². The second kappa shape index (κ2) is 18.1. The number of likely N-dealkylation sites (N-methyl/N-ethyl adjacent to an activating group) is 1. The molecule has 30 heavy (non-hydrogen) atoms. The highest BCUT2D eigenvalue weighted by Crippen LogP contribution is 2.29. The zero-order valence-electron chi connectivity index (χ0n) is 21.1. The van der Waals surface area contributed by atoms with Crippen LogP contribution in [0.15, 0.2) is 12.3 Å². The van der Waals surface area contributed by atoms with Gasteiger partial charge in [-0.15, -0.1) is 0 Å². The summed E-state index contributed by atoms with van der Waals surface area (Å²) < 4.78 is 0. The van der Waals surface area contributed by atoms with E-state index in [0.29, 0.717) is 6.04 Å². The second-order valence-electron chi connectivity index (χ2n) is 9.92. The number of hydrogen-bond donors (Lipinski definition) is 2. The van der Waals surface area contributed by atoms with E-state index in [0.717, 1.165) is 25.0 Å². The van der Waals surface area contributed by atoms with E-state index < -0.39 is 0 Å². The van der Waals surface area contributed by atoms with Gasteiger partial charge < -0.3 is 15.5 Å². The van der Waals surface area contributed by atoms with Crippen LogP contribution < -0.4 is 10.6 Å². The van der Waals surface area contributed by atoms with Crippen LogP contribution >= 0.6 is 0 Å². The Morgan fingerprint density at radius 2 is 1.23 bits per heavy atom. The van der Waals surface area contributed by atoms with E-state index in [-0.39, 0.29) is 0 Å². The highest BCUT2D eigenvalue weighted by atomic mass is 15.1. The maximum absolute atomic E-state index is 4.34. The summed E-state index contributed by atoms with van der Waals surface area (Å²) in [5.74, 6) is 0.776. The SMILES string of the molecule is C1CCC1.C=C(C(NCCNC1CCCCC1)C1CCCCC1)N(C)C.CCCC. The molecule has 2 N–H and O–H groups in total. The molecule has 1 atom stereocenters. The van der Waals surface area contributed by atoms with Crippen LogP contribution in [0.5, 0.6) is 0 Å². The van der Waals surface area contributed by atoms with Gasteiger partial charge in [-0.05, 0) is 31.6 Å². The van der Waals surface area contributed by atoms with Gasteiger partial charge in [0.2, 0.25) is 0 Å². The molecule has 0 spiro atoms. The minimum absolute atomic E-state index is 0.462. The Bertz CT molecular complexity index is 385. The van der Waals surface area contributed by atoms with Crippen LogP contribution in [0.25, 0.3) is 0 Å². The van der Waals surface area contributed by atoms with Crippen molar-refractivity contribution in [3.63, 3.8) is 0 Å². The number of unbranched alkanes of at least 4 members (excludes halogenated alkanes) is 1. The predicted octanol–water partition coefficient (Wildman–Crippen LogP) is 6.89.